The highest BCUT2D eigenvalue weighted by molar-refractivity contribution is 7.99. The van der Waals surface area contributed by atoms with Crippen molar-refractivity contribution in [2.45, 2.75) is 37.4 Å². The molecule has 0 spiro atoms. The summed E-state index contributed by atoms with van der Waals surface area (Å²) < 4.78 is 2.20. The van der Waals surface area contributed by atoms with Crippen LogP contribution in [0.25, 0.3) is 10.4 Å². The molecule has 16 heavy (non-hydrogen) atoms. The summed E-state index contributed by atoms with van der Waals surface area (Å²) in [5.74, 6) is 1.87. The van der Waals surface area contributed by atoms with Crippen molar-refractivity contribution in [1.82, 2.24) is 14.8 Å². The van der Waals surface area contributed by atoms with Crippen molar-refractivity contribution >= 4 is 11.8 Å². The van der Waals surface area contributed by atoms with Gasteiger partial charge in [0.05, 0.1) is 0 Å². The van der Waals surface area contributed by atoms with Gasteiger partial charge in [-0.2, -0.15) is 0 Å². The van der Waals surface area contributed by atoms with E-state index < -0.39 is 0 Å². The summed E-state index contributed by atoms with van der Waals surface area (Å²) in [5.41, 5.74) is 8.17. The van der Waals surface area contributed by atoms with Crippen molar-refractivity contribution in [2.24, 2.45) is 5.11 Å². The predicted molar refractivity (Wildman–Crippen MR) is 62.3 cm³/mol. The molecule has 0 saturated heterocycles. The van der Waals surface area contributed by atoms with Crippen molar-refractivity contribution in [3.05, 3.63) is 16.3 Å². The highest BCUT2D eigenvalue weighted by Crippen LogP contribution is 2.21. The van der Waals surface area contributed by atoms with Crippen molar-refractivity contribution in [3.63, 3.8) is 0 Å². The highest BCUT2D eigenvalue weighted by atomic mass is 32.2. The van der Waals surface area contributed by atoms with Gasteiger partial charge >= 0.3 is 0 Å². The molecule has 0 aromatic carbocycles. The zero-order chi connectivity index (χ0) is 11.2. The Bertz CT molecular complexity index is 395. The van der Waals surface area contributed by atoms with Crippen molar-refractivity contribution < 1.29 is 0 Å². The van der Waals surface area contributed by atoms with Crippen LogP contribution in [0.3, 0.4) is 0 Å². The largest absolute Gasteiger partial charge is 0.306 e. The number of thioether (sulfide) groups is 1. The van der Waals surface area contributed by atoms with Gasteiger partial charge in [-0.15, -0.1) is 10.2 Å². The van der Waals surface area contributed by atoms with Crippen LogP contribution in [-0.2, 0) is 13.0 Å². The Labute approximate surface area is 98.1 Å². The Morgan fingerprint density at radius 1 is 1.38 bits per heavy atom. The predicted octanol–water partition coefficient (Wildman–Crippen LogP) is 2.41. The van der Waals surface area contributed by atoms with E-state index in [4.69, 9.17) is 5.53 Å². The van der Waals surface area contributed by atoms with Gasteiger partial charge < -0.3 is 4.57 Å². The molecular weight excluding hydrogens is 224 g/mol. The van der Waals surface area contributed by atoms with Crippen LogP contribution in [0.1, 0.15) is 25.1 Å². The summed E-state index contributed by atoms with van der Waals surface area (Å²) in [4.78, 5) is 2.73. The fourth-order valence-electron chi connectivity index (χ4n) is 1.79. The topological polar surface area (TPSA) is 79.5 Å². The first-order valence-electron chi connectivity index (χ1n) is 5.47. The monoisotopic (exact) mass is 238 g/mol. The van der Waals surface area contributed by atoms with Crippen molar-refractivity contribution in [3.8, 4) is 0 Å². The quantitative estimate of drug-likeness (QED) is 0.265. The van der Waals surface area contributed by atoms with Gasteiger partial charge in [-0.25, -0.2) is 0 Å². The van der Waals surface area contributed by atoms with Gasteiger partial charge in [-0.3, -0.25) is 0 Å². The lowest BCUT2D eigenvalue weighted by atomic mass is 10.2. The molecule has 0 unspecified atom stereocenters. The number of hydrogen-bond donors (Lipinski definition) is 0. The summed E-state index contributed by atoms with van der Waals surface area (Å²) >= 11 is 1.62. The molecule has 2 rings (SSSR count). The number of nitrogens with zero attached hydrogens (tertiary/aromatic N) is 6. The highest BCUT2D eigenvalue weighted by Gasteiger charge is 2.14. The zero-order valence-electron chi connectivity index (χ0n) is 9.04. The Hall–Kier alpha value is -1.20. The SMILES string of the molecule is [N-]=[N+]=NCCSc1nnc2n1CCCCC2. The minimum Gasteiger partial charge on any atom is -0.306 e. The first-order valence-corrected chi connectivity index (χ1v) is 6.46. The average Bonchev–Trinajstić information content (AvgIpc) is 2.54. The molecule has 1 aromatic rings. The standard InChI is InChI=1S/C9H14N6S/c10-14-11-5-7-16-9-13-12-8-4-2-1-3-6-15(8)9/h1-7H2. The second-order valence-electron chi connectivity index (χ2n) is 3.66. The van der Waals surface area contributed by atoms with E-state index in [1.54, 1.807) is 11.8 Å². The van der Waals surface area contributed by atoms with Crippen molar-refractivity contribution in [1.29, 1.82) is 0 Å². The molecule has 1 aliphatic rings. The van der Waals surface area contributed by atoms with Gasteiger partial charge in [0.25, 0.3) is 0 Å². The number of azide groups is 1. The number of fused-ring (bicyclic) bond motifs is 1. The lowest BCUT2D eigenvalue weighted by molar-refractivity contribution is 0.591. The molecule has 0 saturated carbocycles. The summed E-state index contributed by atoms with van der Waals surface area (Å²) in [7, 11) is 0. The molecule has 0 atom stereocenters. The van der Waals surface area contributed by atoms with E-state index in [9.17, 15) is 0 Å². The fourth-order valence-corrected chi connectivity index (χ4v) is 2.59. The van der Waals surface area contributed by atoms with Gasteiger partial charge in [-0.1, -0.05) is 23.3 Å². The second-order valence-corrected chi connectivity index (χ2v) is 4.73. The van der Waals surface area contributed by atoms with Crippen LogP contribution < -0.4 is 0 Å². The van der Waals surface area contributed by atoms with Crippen LogP contribution in [-0.4, -0.2) is 27.1 Å². The van der Waals surface area contributed by atoms with Gasteiger partial charge in [0.1, 0.15) is 5.82 Å². The Morgan fingerprint density at radius 3 is 3.19 bits per heavy atom. The molecule has 0 amide bonds. The maximum atomic E-state index is 8.17. The van der Waals surface area contributed by atoms with Crippen LogP contribution in [0.15, 0.2) is 10.3 Å². The second kappa shape index (κ2) is 5.77. The number of hydrogen-bond acceptors (Lipinski definition) is 4. The number of rotatable bonds is 4. The molecule has 6 nitrogen and oxygen atoms in total. The van der Waals surface area contributed by atoms with Crippen LogP contribution in [0.5, 0.6) is 0 Å². The Balaban J connectivity index is 1.98. The van der Waals surface area contributed by atoms with E-state index in [-0.39, 0.29) is 0 Å². The third kappa shape index (κ3) is 2.68. The van der Waals surface area contributed by atoms with E-state index in [1.165, 1.54) is 19.3 Å². The van der Waals surface area contributed by atoms with Gasteiger partial charge in [0.15, 0.2) is 5.16 Å². The van der Waals surface area contributed by atoms with E-state index in [2.05, 4.69) is 24.8 Å². The third-order valence-corrected chi connectivity index (χ3v) is 3.51. The van der Waals surface area contributed by atoms with Gasteiger partial charge in [0.2, 0.25) is 0 Å². The summed E-state index contributed by atoms with van der Waals surface area (Å²) in [6.45, 7) is 1.52. The summed E-state index contributed by atoms with van der Waals surface area (Å²) in [6.07, 6.45) is 4.71. The maximum absolute atomic E-state index is 8.17. The Morgan fingerprint density at radius 2 is 2.31 bits per heavy atom. The van der Waals surface area contributed by atoms with Crippen LogP contribution in [0, 0.1) is 0 Å². The van der Waals surface area contributed by atoms with E-state index in [0.717, 1.165) is 29.7 Å². The molecule has 1 aliphatic heterocycles. The lowest BCUT2D eigenvalue weighted by Gasteiger charge is -2.04. The molecule has 2 heterocycles. The fraction of sp³-hybridized carbons (Fsp3) is 0.778. The van der Waals surface area contributed by atoms with Gasteiger partial charge in [0, 0.05) is 30.2 Å². The van der Waals surface area contributed by atoms with E-state index in [0.29, 0.717) is 6.54 Å². The third-order valence-electron chi connectivity index (χ3n) is 2.56. The summed E-state index contributed by atoms with van der Waals surface area (Å²) in [5, 5.41) is 12.8. The van der Waals surface area contributed by atoms with E-state index >= 15 is 0 Å². The normalized spacial score (nSPS) is 15.0. The van der Waals surface area contributed by atoms with E-state index in [1.807, 2.05) is 0 Å². The average molecular weight is 238 g/mol. The molecule has 0 bridgehead atoms. The molecular formula is C9H14N6S. The van der Waals surface area contributed by atoms with Crippen molar-refractivity contribution in [2.75, 3.05) is 12.3 Å². The van der Waals surface area contributed by atoms with Crippen LogP contribution in [0.2, 0.25) is 0 Å². The molecule has 7 heteroatoms. The first-order chi connectivity index (χ1) is 7.92. The molecule has 86 valence electrons. The molecule has 0 fully saturated rings. The molecule has 0 N–H and O–H groups in total. The number of aryl methyl sites for hydroxylation is 1. The Kier molecular flexibility index (Phi) is 4.07. The molecule has 1 aromatic heterocycles. The first kappa shape index (κ1) is 11.3. The maximum Gasteiger partial charge on any atom is 0.191 e. The smallest absolute Gasteiger partial charge is 0.191 e. The minimum absolute atomic E-state index is 0.503. The lowest BCUT2D eigenvalue weighted by Crippen LogP contribution is -2.02. The minimum atomic E-state index is 0.503. The number of aromatic nitrogens is 3. The van der Waals surface area contributed by atoms with Crippen LogP contribution in [0.4, 0.5) is 0 Å². The van der Waals surface area contributed by atoms with Gasteiger partial charge in [-0.05, 0) is 18.4 Å². The zero-order valence-corrected chi connectivity index (χ0v) is 9.86. The molecule has 0 aliphatic carbocycles. The molecule has 0 radical (unpaired) electrons. The van der Waals surface area contributed by atoms with Crippen LogP contribution >= 0.6 is 11.8 Å². The summed E-state index contributed by atoms with van der Waals surface area (Å²) in [6, 6.07) is 0.